The lowest BCUT2D eigenvalue weighted by molar-refractivity contribution is 0.183. The van der Waals surface area contributed by atoms with Gasteiger partial charge in [-0.2, -0.15) is 0 Å². The van der Waals surface area contributed by atoms with E-state index in [2.05, 4.69) is 17.7 Å². The Morgan fingerprint density at radius 3 is 3.12 bits per heavy atom. The second-order valence-corrected chi connectivity index (χ2v) is 3.89. The summed E-state index contributed by atoms with van der Waals surface area (Å²) in [6.07, 6.45) is 8.14. The summed E-state index contributed by atoms with van der Waals surface area (Å²) in [5.74, 6) is 2.46. The molecule has 0 saturated heterocycles. The van der Waals surface area contributed by atoms with E-state index in [4.69, 9.17) is 10.9 Å². The fourth-order valence-electron chi connectivity index (χ4n) is 2.06. The minimum absolute atomic E-state index is 0.276. The van der Waals surface area contributed by atoms with Crippen molar-refractivity contribution in [3.63, 3.8) is 0 Å². The normalized spacial score (nSPS) is 12.3. The Morgan fingerprint density at radius 2 is 2.47 bits per heavy atom. The Hall–Kier alpha value is -2.05. The zero-order chi connectivity index (χ0) is 12.4. The van der Waals surface area contributed by atoms with Gasteiger partial charge < -0.3 is 9.63 Å². The number of rotatable bonds is 3. The van der Waals surface area contributed by atoms with E-state index in [0.29, 0.717) is 5.58 Å². The van der Waals surface area contributed by atoms with Gasteiger partial charge >= 0.3 is 0 Å². The van der Waals surface area contributed by atoms with Crippen molar-refractivity contribution in [3.05, 3.63) is 35.5 Å². The van der Waals surface area contributed by atoms with Gasteiger partial charge in [-0.25, -0.2) is 0 Å². The minimum Gasteiger partial charge on any atom is -0.387 e. The molecule has 0 radical (unpaired) electrons. The number of aromatic nitrogens is 1. The first kappa shape index (κ1) is 11.4. The molecule has 1 aromatic heterocycles. The molecule has 0 aliphatic carbocycles. The standard InChI is InChI=1S/C14H13NO2/c1-4-6-12(16)14-9(3)7-13-11(8-15-17-13)10(14)5-2/h1,5,7-8,12,16H,2,6H2,3H3. The maximum atomic E-state index is 10.1. The predicted molar refractivity (Wildman–Crippen MR) is 67.2 cm³/mol. The van der Waals surface area contributed by atoms with Crippen LogP contribution in [0.1, 0.15) is 29.2 Å². The molecule has 3 heteroatoms. The van der Waals surface area contributed by atoms with Crippen molar-refractivity contribution in [2.75, 3.05) is 0 Å². The molecule has 3 nitrogen and oxygen atoms in total. The summed E-state index contributed by atoms with van der Waals surface area (Å²) in [5.41, 5.74) is 3.25. The average molecular weight is 227 g/mol. The third kappa shape index (κ3) is 1.83. The zero-order valence-corrected chi connectivity index (χ0v) is 9.60. The van der Waals surface area contributed by atoms with E-state index in [1.54, 1.807) is 12.3 Å². The van der Waals surface area contributed by atoms with Crippen LogP contribution in [0.5, 0.6) is 0 Å². The number of nitrogens with zero attached hydrogens (tertiary/aromatic N) is 1. The average Bonchev–Trinajstić information content (AvgIpc) is 2.74. The minimum atomic E-state index is -0.688. The summed E-state index contributed by atoms with van der Waals surface area (Å²) in [6, 6.07) is 1.85. The Balaban J connectivity index is 2.72. The highest BCUT2D eigenvalue weighted by atomic mass is 16.5. The van der Waals surface area contributed by atoms with Crippen molar-refractivity contribution < 1.29 is 9.63 Å². The number of fused-ring (bicyclic) bond motifs is 1. The van der Waals surface area contributed by atoms with Gasteiger partial charge in [0.15, 0.2) is 5.58 Å². The molecule has 1 heterocycles. The Labute approximate surface area is 99.7 Å². The molecule has 0 saturated carbocycles. The SMILES string of the molecule is C#CCC(O)c1c(C)cc2oncc2c1C=C. The van der Waals surface area contributed by atoms with Crippen LogP contribution in [0.25, 0.3) is 17.0 Å². The highest BCUT2D eigenvalue weighted by molar-refractivity contribution is 5.88. The maximum absolute atomic E-state index is 10.1. The highest BCUT2D eigenvalue weighted by Crippen LogP contribution is 2.32. The van der Waals surface area contributed by atoms with Crippen molar-refractivity contribution >= 4 is 17.0 Å². The molecule has 86 valence electrons. The highest BCUT2D eigenvalue weighted by Gasteiger charge is 2.17. The van der Waals surface area contributed by atoms with E-state index in [1.807, 2.05) is 13.0 Å². The van der Waals surface area contributed by atoms with Crippen molar-refractivity contribution in [2.45, 2.75) is 19.4 Å². The number of terminal acetylenes is 1. The molecule has 0 spiro atoms. The second-order valence-electron chi connectivity index (χ2n) is 3.89. The van der Waals surface area contributed by atoms with Gasteiger partial charge in [-0.05, 0) is 29.7 Å². The molecule has 2 aromatic rings. The number of hydrogen-bond acceptors (Lipinski definition) is 3. The first-order chi connectivity index (χ1) is 8.19. The van der Waals surface area contributed by atoms with Gasteiger partial charge in [0.05, 0.1) is 12.3 Å². The van der Waals surface area contributed by atoms with Crippen molar-refractivity contribution in [1.29, 1.82) is 0 Å². The van der Waals surface area contributed by atoms with E-state index in [9.17, 15) is 5.11 Å². The zero-order valence-electron chi connectivity index (χ0n) is 9.60. The van der Waals surface area contributed by atoms with Gasteiger partial charge in [-0.1, -0.05) is 17.8 Å². The van der Waals surface area contributed by atoms with Crippen molar-refractivity contribution in [1.82, 2.24) is 5.16 Å². The van der Waals surface area contributed by atoms with Gasteiger partial charge in [0.25, 0.3) is 0 Å². The van der Waals surface area contributed by atoms with E-state index in [1.165, 1.54) is 0 Å². The topological polar surface area (TPSA) is 46.3 Å². The van der Waals surface area contributed by atoms with Crippen LogP contribution in [-0.4, -0.2) is 10.3 Å². The number of aliphatic hydroxyl groups is 1. The van der Waals surface area contributed by atoms with Crippen LogP contribution < -0.4 is 0 Å². The lowest BCUT2D eigenvalue weighted by Crippen LogP contribution is -2.02. The van der Waals surface area contributed by atoms with Crippen LogP contribution in [0, 0.1) is 19.3 Å². The lowest BCUT2D eigenvalue weighted by atomic mass is 9.93. The molecule has 0 aliphatic rings. The lowest BCUT2D eigenvalue weighted by Gasteiger charge is -2.15. The van der Waals surface area contributed by atoms with Crippen molar-refractivity contribution in [2.24, 2.45) is 0 Å². The van der Waals surface area contributed by atoms with Gasteiger partial charge in [0.2, 0.25) is 0 Å². The predicted octanol–water partition coefficient (Wildman–Crippen LogP) is 2.84. The molecule has 2 rings (SSSR count). The van der Waals surface area contributed by atoms with Crippen LogP contribution in [0.15, 0.2) is 23.4 Å². The largest absolute Gasteiger partial charge is 0.387 e. The quantitative estimate of drug-likeness (QED) is 0.820. The number of hydrogen-bond donors (Lipinski definition) is 1. The molecule has 0 fully saturated rings. The molecule has 0 amide bonds. The molecule has 0 aliphatic heterocycles. The smallest absolute Gasteiger partial charge is 0.167 e. The number of benzene rings is 1. The maximum Gasteiger partial charge on any atom is 0.167 e. The van der Waals surface area contributed by atoms with Gasteiger partial charge in [-0.3, -0.25) is 0 Å². The summed E-state index contributed by atoms with van der Waals surface area (Å²) in [7, 11) is 0. The summed E-state index contributed by atoms with van der Waals surface area (Å²) in [5, 5.41) is 14.7. The Bertz CT molecular complexity index is 604. The molecule has 1 atom stereocenters. The van der Waals surface area contributed by atoms with E-state index in [0.717, 1.165) is 22.1 Å². The summed E-state index contributed by atoms with van der Waals surface area (Å²) >= 11 is 0. The first-order valence-corrected chi connectivity index (χ1v) is 5.31. The van der Waals surface area contributed by atoms with E-state index >= 15 is 0 Å². The van der Waals surface area contributed by atoms with Gasteiger partial charge in [-0.15, -0.1) is 12.3 Å². The molecule has 1 aromatic carbocycles. The molecular weight excluding hydrogens is 214 g/mol. The van der Waals surface area contributed by atoms with Gasteiger partial charge in [0.1, 0.15) is 0 Å². The Morgan fingerprint density at radius 1 is 1.71 bits per heavy atom. The van der Waals surface area contributed by atoms with Crippen LogP contribution in [0.3, 0.4) is 0 Å². The van der Waals surface area contributed by atoms with E-state index < -0.39 is 6.10 Å². The second kappa shape index (κ2) is 4.44. The van der Waals surface area contributed by atoms with Crippen LogP contribution in [-0.2, 0) is 0 Å². The van der Waals surface area contributed by atoms with Crippen LogP contribution in [0.4, 0.5) is 0 Å². The summed E-state index contributed by atoms with van der Waals surface area (Å²) in [6.45, 7) is 5.68. The first-order valence-electron chi connectivity index (χ1n) is 5.31. The van der Waals surface area contributed by atoms with Crippen LogP contribution >= 0.6 is 0 Å². The molecule has 1 N–H and O–H groups in total. The molecular formula is C14H13NO2. The van der Waals surface area contributed by atoms with Crippen LogP contribution in [0.2, 0.25) is 0 Å². The molecule has 17 heavy (non-hydrogen) atoms. The Kier molecular flexibility index (Phi) is 2.99. The van der Waals surface area contributed by atoms with E-state index in [-0.39, 0.29) is 6.42 Å². The number of aliphatic hydroxyl groups excluding tert-OH is 1. The van der Waals surface area contributed by atoms with Gasteiger partial charge in [0, 0.05) is 11.8 Å². The third-order valence-corrected chi connectivity index (χ3v) is 2.80. The molecule has 1 unspecified atom stereocenters. The number of aryl methyl sites for hydroxylation is 1. The van der Waals surface area contributed by atoms with Crippen molar-refractivity contribution in [3.8, 4) is 12.3 Å². The summed E-state index contributed by atoms with van der Waals surface area (Å²) < 4.78 is 5.12. The fraction of sp³-hybridized carbons (Fsp3) is 0.214. The summed E-state index contributed by atoms with van der Waals surface area (Å²) in [4.78, 5) is 0. The monoisotopic (exact) mass is 227 g/mol. The molecule has 0 bridgehead atoms. The fourth-order valence-corrected chi connectivity index (χ4v) is 2.06. The third-order valence-electron chi connectivity index (χ3n) is 2.80.